The van der Waals surface area contributed by atoms with Crippen molar-refractivity contribution in [2.75, 3.05) is 42.9 Å². The molecule has 1 fully saturated rings. The van der Waals surface area contributed by atoms with Crippen molar-refractivity contribution < 1.29 is 9.32 Å². The van der Waals surface area contributed by atoms with Crippen LogP contribution in [0.3, 0.4) is 0 Å². The fourth-order valence-electron chi connectivity index (χ4n) is 2.28. The summed E-state index contributed by atoms with van der Waals surface area (Å²) >= 11 is 1.31. The SMILES string of the molecule is CC(C)c1noc(N2CCN(CC(=O)Nc3nncs3)CC2)n1. The summed E-state index contributed by atoms with van der Waals surface area (Å²) in [7, 11) is 0. The van der Waals surface area contributed by atoms with Gasteiger partial charge in [0.05, 0.1) is 6.54 Å². The molecule has 1 aliphatic heterocycles. The summed E-state index contributed by atoms with van der Waals surface area (Å²) in [5.41, 5.74) is 1.59. The van der Waals surface area contributed by atoms with Gasteiger partial charge >= 0.3 is 6.01 Å². The van der Waals surface area contributed by atoms with Gasteiger partial charge in [0.25, 0.3) is 0 Å². The van der Waals surface area contributed by atoms with Crippen molar-refractivity contribution in [3.8, 4) is 0 Å². The predicted octanol–water partition coefficient (Wildman–Crippen LogP) is 0.805. The Labute approximate surface area is 137 Å². The number of hydrogen-bond acceptors (Lipinski definition) is 9. The Kier molecular flexibility index (Phi) is 4.82. The van der Waals surface area contributed by atoms with Crippen LogP contribution >= 0.6 is 11.3 Å². The normalized spacial score (nSPS) is 16.0. The van der Waals surface area contributed by atoms with Crippen molar-refractivity contribution in [3.63, 3.8) is 0 Å². The van der Waals surface area contributed by atoms with Crippen LogP contribution in [0.5, 0.6) is 0 Å². The molecule has 0 spiro atoms. The van der Waals surface area contributed by atoms with E-state index in [-0.39, 0.29) is 11.8 Å². The van der Waals surface area contributed by atoms with Gasteiger partial charge in [-0.1, -0.05) is 30.3 Å². The first-order valence-electron chi connectivity index (χ1n) is 7.48. The quantitative estimate of drug-likeness (QED) is 0.855. The highest BCUT2D eigenvalue weighted by atomic mass is 32.1. The molecule has 1 aliphatic rings. The smallest absolute Gasteiger partial charge is 0.322 e. The molecule has 1 saturated heterocycles. The third kappa shape index (κ3) is 4.02. The number of carbonyl (C=O) groups excluding carboxylic acids is 1. The number of rotatable bonds is 5. The molecule has 1 amide bonds. The molecule has 2 aromatic heterocycles. The second-order valence-corrected chi connectivity index (χ2v) is 6.48. The molecule has 0 radical (unpaired) electrons. The number of anilines is 2. The molecule has 1 N–H and O–H groups in total. The minimum Gasteiger partial charge on any atom is -0.322 e. The molecule has 0 bridgehead atoms. The molecular formula is C13H19N7O2S. The van der Waals surface area contributed by atoms with E-state index in [1.54, 1.807) is 5.51 Å². The monoisotopic (exact) mass is 337 g/mol. The number of hydrogen-bond donors (Lipinski definition) is 1. The Balaban J connectivity index is 1.47. The molecule has 2 aromatic rings. The third-order valence-corrected chi connectivity index (χ3v) is 4.17. The van der Waals surface area contributed by atoms with Gasteiger partial charge in [0.1, 0.15) is 5.51 Å². The maximum absolute atomic E-state index is 11.9. The molecular weight excluding hydrogens is 318 g/mol. The highest BCUT2D eigenvalue weighted by molar-refractivity contribution is 7.13. The Bertz CT molecular complexity index is 635. The van der Waals surface area contributed by atoms with E-state index in [0.717, 1.165) is 32.0 Å². The third-order valence-electron chi connectivity index (χ3n) is 3.56. The highest BCUT2D eigenvalue weighted by Gasteiger charge is 2.23. The average Bonchev–Trinajstić information content (AvgIpc) is 3.19. The number of nitrogens with one attached hydrogen (secondary N) is 1. The molecule has 0 unspecified atom stereocenters. The van der Waals surface area contributed by atoms with Crippen LogP contribution in [0.15, 0.2) is 10.0 Å². The fraction of sp³-hybridized carbons (Fsp3) is 0.615. The van der Waals surface area contributed by atoms with Crippen molar-refractivity contribution in [3.05, 3.63) is 11.3 Å². The Morgan fingerprint density at radius 3 is 2.78 bits per heavy atom. The summed E-state index contributed by atoms with van der Waals surface area (Å²) in [5, 5.41) is 14.7. The largest absolute Gasteiger partial charge is 0.324 e. The van der Waals surface area contributed by atoms with E-state index in [2.05, 4.69) is 35.5 Å². The first-order chi connectivity index (χ1) is 11.1. The van der Waals surface area contributed by atoms with Crippen LogP contribution < -0.4 is 10.2 Å². The zero-order valence-corrected chi connectivity index (χ0v) is 13.9. The number of carbonyl (C=O) groups is 1. The van der Waals surface area contributed by atoms with Gasteiger partial charge in [0, 0.05) is 32.1 Å². The molecule has 0 atom stereocenters. The lowest BCUT2D eigenvalue weighted by atomic mass is 10.2. The second-order valence-electron chi connectivity index (χ2n) is 5.65. The van der Waals surface area contributed by atoms with E-state index >= 15 is 0 Å². The first kappa shape index (κ1) is 15.8. The first-order valence-corrected chi connectivity index (χ1v) is 8.36. The summed E-state index contributed by atoms with van der Waals surface area (Å²) in [6.07, 6.45) is 0. The van der Waals surface area contributed by atoms with Crippen LogP contribution in [0.4, 0.5) is 11.1 Å². The molecule has 3 rings (SSSR count). The van der Waals surface area contributed by atoms with Gasteiger partial charge in [-0.05, 0) is 0 Å². The minimum absolute atomic E-state index is 0.0740. The number of amides is 1. The number of nitrogens with zero attached hydrogens (tertiary/aromatic N) is 6. The van der Waals surface area contributed by atoms with E-state index in [1.807, 2.05) is 13.8 Å². The van der Waals surface area contributed by atoms with Crippen LogP contribution in [0.25, 0.3) is 0 Å². The number of aromatic nitrogens is 4. The van der Waals surface area contributed by atoms with Gasteiger partial charge in [-0.3, -0.25) is 15.0 Å². The molecule has 0 saturated carbocycles. The lowest BCUT2D eigenvalue weighted by Gasteiger charge is -2.32. The van der Waals surface area contributed by atoms with Gasteiger partial charge < -0.3 is 9.42 Å². The topological polar surface area (TPSA) is 100 Å². The second kappa shape index (κ2) is 7.01. The van der Waals surface area contributed by atoms with Crippen molar-refractivity contribution in [2.45, 2.75) is 19.8 Å². The summed E-state index contributed by atoms with van der Waals surface area (Å²) < 4.78 is 5.31. The molecule has 9 nitrogen and oxygen atoms in total. The molecule has 0 aromatic carbocycles. The lowest BCUT2D eigenvalue weighted by Crippen LogP contribution is -2.48. The summed E-state index contributed by atoms with van der Waals surface area (Å²) in [4.78, 5) is 20.5. The van der Waals surface area contributed by atoms with Gasteiger partial charge in [-0.2, -0.15) is 4.98 Å². The van der Waals surface area contributed by atoms with Crippen LogP contribution in [0.1, 0.15) is 25.6 Å². The maximum atomic E-state index is 11.9. The summed E-state index contributed by atoms with van der Waals surface area (Å²) in [6, 6.07) is 0.562. The zero-order chi connectivity index (χ0) is 16.2. The van der Waals surface area contributed by atoms with E-state index in [0.29, 0.717) is 17.7 Å². The Morgan fingerprint density at radius 2 is 2.17 bits per heavy atom. The predicted molar refractivity (Wildman–Crippen MR) is 85.6 cm³/mol. The number of piperazine rings is 1. The van der Waals surface area contributed by atoms with Crippen LogP contribution in [0.2, 0.25) is 0 Å². The molecule has 23 heavy (non-hydrogen) atoms. The summed E-state index contributed by atoms with van der Waals surface area (Å²) in [5.74, 6) is 0.895. The zero-order valence-electron chi connectivity index (χ0n) is 13.1. The van der Waals surface area contributed by atoms with E-state index in [4.69, 9.17) is 4.52 Å². The van der Waals surface area contributed by atoms with Gasteiger partial charge in [0.15, 0.2) is 5.82 Å². The molecule has 0 aliphatic carbocycles. The Morgan fingerprint density at radius 1 is 1.39 bits per heavy atom. The van der Waals surface area contributed by atoms with Crippen LogP contribution in [0, 0.1) is 0 Å². The Hall–Kier alpha value is -2.07. The van der Waals surface area contributed by atoms with Gasteiger partial charge in [0.2, 0.25) is 11.0 Å². The maximum Gasteiger partial charge on any atom is 0.324 e. The van der Waals surface area contributed by atoms with Crippen LogP contribution in [-0.4, -0.2) is 63.9 Å². The molecule has 3 heterocycles. The fourth-order valence-corrected chi connectivity index (χ4v) is 2.74. The van der Waals surface area contributed by atoms with Gasteiger partial charge in [-0.15, -0.1) is 10.2 Å². The van der Waals surface area contributed by atoms with Crippen molar-refractivity contribution in [2.24, 2.45) is 0 Å². The minimum atomic E-state index is -0.0740. The molecule has 124 valence electrons. The van der Waals surface area contributed by atoms with E-state index in [1.165, 1.54) is 11.3 Å². The summed E-state index contributed by atoms with van der Waals surface area (Å²) in [6.45, 7) is 7.45. The lowest BCUT2D eigenvalue weighted by molar-refractivity contribution is -0.117. The standard InChI is InChI=1S/C13H19N7O2S/c1-9(2)11-16-13(22-18-11)20-5-3-19(4-6-20)7-10(21)15-12-17-14-8-23-12/h8-9H,3-7H2,1-2H3,(H,15,17,21). The van der Waals surface area contributed by atoms with Crippen LogP contribution in [-0.2, 0) is 4.79 Å². The average molecular weight is 337 g/mol. The highest BCUT2D eigenvalue weighted by Crippen LogP contribution is 2.17. The van der Waals surface area contributed by atoms with Gasteiger partial charge in [-0.25, -0.2) is 0 Å². The van der Waals surface area contributed by atoms with E-state index in [9.17, 15) is 4.79 Å². The van der Waals surface area contributed by atoms with Crippen molar-refractivity contribution in [1.82, 2.24) is 25.2 Å². The van der Waals surface area contributed by atoms with E-state index < -0.39 is 0 Å². The van der Waals surface area contributed by atoms with Crippen molar-refractivity contribution in [1.29, 1.82) is 0 Å². The van der Waals surface area contributed by atoms with Crippen molar-refractivity contribution >= 4 is 28.4 Å². The molecule has 10 heteroatoms.